The molecule has 1 N–H and O–H groups in total. The number of aryl methyl sites for hydroxylation is 1. The maximum absolute atomic E-state index is 10.2. The van der Waals surface area contributed by atoms with Crippen LogP contribution in [0.25, 0.3) is 0 Å². The van der Waals surface area contributed by atoms with Crippen LogP contribution in [0, 0.1) is 0 Å². The Kier molecular flexibility index (Phi) is 3.79. The van der Waals surface area contributed by atoms with Crippen LogP contribution < -0.4 is 0 Å². The number of hydrogen-bond donors (Lipinski definition) is 1. The molecule has 1 atom stereocenters. The molecule has 2 rings (SSSR count). The summed E-state index contributed by atoms with van der Waals surface area (Å²) in [5.74, 6) is 0. The topological polar surface area (TPSA) is 20.2 Å². The highest BCUT2D eigenvalue weighted by molar-refractivity contribution is 9.10. The molecule has 0 unspecified atom stereocenters. The minimum Gasteiger partial charge on any atom is -0.383 e. The summed E-state index contributed by atoms with van der Waals surface area (Å²) in [6.07, 6.45) is 0.499. The Morgan fingerprint density at radius 1 is 1.25 bits per heavy atom. The minimum absolute atomic E-state index is 0.528. The van der Waals surface area contributed by atoms with E-state index in [0.29, 0.717) is 0 Å². The van der Waals surface area contributed by atoms with Gasteiger partial charge in [0.1, 0.15) is 6.10 Å². The summed E-state index contributed by atoms with van der Waals surface area (Å²) < 4.78 is 0.976. The van der Waals surface area contributed by atoms with Crippen LogP contribution in [-0.2, 0) is 6.42 Å². The molecule has 0 aliphatic rings. The highest BCUT2D eigenvalue weighted by Gasteiger charge is 2.14. The first-order valence-corrected chi connectivity index (χ1v) is 6.89. The fourth-order valence-corrected chi connectivity index (χ4v) is 3.19. The predicted molar refractivity (Wildman–Crippen MR) is 71.9 cm³/mol. The van der Waals surface area contributed by atoms with E-state index in [1.807, 2.05) is 23.6 Å². The molecule has 0 radical (unpaired) electrons. The van der Waals surface area contributed by atoms with Crippen LogP contribution in [0.15, 0.2) is 40.2 Å². The van der Waals surface area contributed by atoms with Crippen molar-refractivity contribution in [3.8, 4) is 0 Å². The Morgan fingerprint density at radius 3 is 2.44 bits per heavy atom. The van der Waals surface area contributed by atoms with Crippen LogP contribution in [0.1, 0.15) is 29.0 Å². The van der Waals surface area contributed by atoms with Crippen LogP contribution in [-0.4, -0.2) is 5.11 Å². The lowest BCUT2D eigenvalue weighted by Gasteiger charge is -2.10. The second kappa shape index (κ2) is 5.13. The van der Waals surface area contributed by atoms with E-state index in [2.05, 4.69) is 35.0 Å². The lowest BCUT2D eigenvalue weighted by molar-refractivity contribution is 0.223. The van der Waals surface area contributed by atoms with Gasteiger partial charge in [0.15, 0.2) is 0 Å². The van der Waals surface area contributed by atoms with Gasteiger partial charge < -0.3 is 5.11 Å². The molecule has 0 spiro atoms. The quantitative estimate of drug-likeness (QED) is 0.902. The van der Waals surface area contributed by atoms with E-state index in [9.17, 15) is 5.11 Å². The van der Waals surface area contributed by atoms with Crippen molar-refractivity contribution in [1.29, 1.82) is 0 Å². The SMILES string of the molecule is CCc1ccc([C@@H](O)c2sccc2Br)cc1. The van der Waals surface area contributed by atoms with E-state index < -0.39 is 6.10 Å². The van der Waals surface area contributed by atoms with E-state index in [1.54, 1.807) is 11.3 Å². The molecule has 0 aliphatic carbocycles. The highest BCUT2D eigenvalue weighted by atomic mass is 79.9. The van der Waals surface area contributed by atoms with Gasteiger partial charge in [0.25, 0.3) is 0 Å². The molecule has 1 heterocycles. The van der Waals surface area contributed by atoms with E-state index in [-0.39, 0.29) is 0 Å². The number of benzene rings is 1. The smallest absolute Gasteiger partial charge is 0.114 e. The molecule has 0 fully saturated rings. The second-order valence-electron chi connectivity index (χ2n) is 3.63. The van der Waals surface area contributed by atoms with E-state index in [0.717, 1.165) is 21.3 Å². The van der Waals surface area contributed by atoms with Crippen LogP contribution in [0.2, 0.25) is 0 Å². The Balaban J connectivity index is 2.27. The zero-order chi connectivity index (χ0) is 11.5. The molecule has 1 nitrogen and oxygen atoms in total. The molecule has 3 heteroatoms. The summed E-state index contributed by atoms with van der Waals surface area (Å²) in [7, 11) is 0. The third-order valence-electron chi connectivity index (χ3n) is 2.60. The standard InChI is InChI=1S/C13H13BrOS/c1-2-9-3-5-10(6-4-9)12(15)13-11(14)7-8-16-13/h3-8,12,15H,2H2,1H3/t12-/m1/s1. The van der Waals surface area contributed by atoms with Crippen molar-refractivity contribution in [2.45, 2.75) is 19.4 Å². The van der Waals surface area contributed by atoms with Gasteiger partial charge in [0.05, 0.1) is 4.88 Å². The van der Waals surface area contributed by atoms with E-state index in [1.165, 1.54) is 5.56 Å². The van der Waals surface area contributed by atoms with E-state index >= 15 is 0 Å². The van der Waals surface area contributed by atoms with Crippen LogP contribution in [0.4, 0.5) is 0 Å². The van der Waals surface area contributed by atoms with Gasteiger partial charge >= 0.3 is 0 Å². The summed E-state index contributed by atoms with van der Waals surface area (Å²) >= 11 is 5.01. The first-order valence-electron chi connectivity index (χ1n) is 5.22. The summed E-state index contributed by atoms with van der Waals surface area (Å²) in [4.78, 5) is 0.962. The first-order chi connectivity index (χ1) is 7.72. The number of halogens is 1. The second-order valence-corrected chi connectivity index (χ2v) is 5.43. The lowest BCUT2D eigenvalue weighted by Crippen LogP contribution is -1.97. The molecule has 84 valence electrons. The summed E-state index contributed by atoms with van der Waals surface area (Å²) in [6.45, 7) is 2.13. The third kappa shape index (κ3) is 2.37. The van der Waals surface area contributed by atoms with Crippen molar-refractivity contribution in [2.24, 2.45) is 0 Å². The van der Waals surface area contributed by atoms with E-state index in [4.69, 9.17) is 0 Å². The van der Waals surface area contributed by atoms with Crippen molar-refractivity contribution in [1.82, 2.24) is 0 Å². The molecule has 0 saturated carbocycles. The van der Waals surface area contributed by atoms with Crippen molar-refractivity contribution in [3.05, 3.63) is 56.2 Å². The number of aliphatic hydroxyl groups excluding tert-OH is 1. The van der Waals surface area contributed by atoms with Gasteiger partial charge in [-0.25, -0.2) is 0 Å². The number of rotatable bonds is 3. The number of thiophene rings is 1. The van der Waals surface area contributed by atoms with Gasteiger partial charge in [-0.1, -0.05) is 31.2 Å². The first kappa shape index (κ1) is 11.8. The fourth-order valence-electron chi connectivity index (χ4n) is 1.59. The zero-order valence-electron chi connectivity index (χ0n) is 8.98. The predicted octanol–water partition coefficient (Wildman–Crippen LogP) is 4.15. The number of aliphatic hydroxyl groups is 1. The summed E-state index contributed by atoms with van der Waals surface area (Å²) in [5.41, 5.74) is 2.24. The molecule has 1 aromatic carbocycles. The van der Waals surface area contributed by atoms with Gasteiger partial charge in [-0.05, 0) is 44.9 Å². The van der Waals surface area contributed by atoms with Crippen LogP contribution >= 0.6 is 27.3 Å². The molecule has 0 amide bonds. The Hall–Kier alpha value is -0.640. The average Bonchev–Trinajstić information content (AvgIpc) is 2.75. The highest BCUT2D eigenvalue weighted by Crippen LogP contribution is 2.32. The Bertz CT molecular complexity index is 461. The molecule has 2 aromatic rings. The van der Waals surface area contributed by atoms with Crippen molar-refractivity contribution >= 4 is 27.3 Å². The largest absolute Gasteiger partial charge is 0.383 e. The molecular weight excluding hydrogens is 284 g/mol. The molecular formula is C13H13BrOS. The van der Waals surface area contributed by atoms with Crippen molar-refractivity contribution < 1.29 is 5.11 Å². The number of hydrogen-bond acceptors (Lipinski definition) is 2. The van der Waals surface area contributed by atoms with Gasteiger partial charge in [-0.3, -0.25) is 0 Å². The van der Waals surface area contributed by atoms with Crippen molar-refractivity contribution in [2.75, 3.05) is 0 Å². The van der Waals surface area contributed by atoms with Gasteiger partial charge in [0, 0.05) is 4.47 Å². The maximum Gasteiger partial charge on any atom is 0.114 e. The Labute approximate surface area is 108 Å². The Morgan fingerprint density at radius 2 is 1.94 bits per heavy atom. The normalized spacial score (nSPS) is 12.7. The zero-order valence-corrected chi connectivity index (χ0v) is 11.4. The van der Waals surface area contributed by atoms with Gasteiger partial charge in [-0.2, -0.15) is 0 Å². The monoisotopic (exact) mass is 296 g/mol. The average molecular weight is 297 g/mol. The molecule has 0 bridgehead atoms. The minimum atomic E-state index is -0.528. The maximum atomic E-state index is 10.2. The molecule has 16 heavy (non-hydrogen) atoms. The van der Waals surface area contributed by atoms with Gasteiger partial charge in [0.2, 0.25) is 0 Å². The van der Waals surface area contributed by atoms with Crippen molar-refractivity contribution in [3.63, 3.8) is 0 Å². The summed E-state index contributed by atoms with van der Waals surface area (Å²) in [6, 6.07) is 10.1. The van der Waals surface area contributed by atoms with Crippen LogP contribution in [0.3, 0.4) is 0 Å². The lowest BCUT2D eigenvalue weighted by atomic mass is 10.0. The fraction of sp³-hybridized carbons (Fsp3) is 0.231. The molecule has 0 aliphatic heterocycles. The molecule has 0 saturated heterocycles. The third-order valence-corrected chi connectivity index (χ3v) is 4.52. The van der Waals surface area contributed by atoms with Gasteiger partial charge in [-0.15, -0.1) is 11.3 Å². The molecule has 1 aromatic heterocycles. The summed E-state index contributed by atoms with van der Waals surface area (Å²) in [5, 5.41) is 12.2. The van der Waals surface area contributed by atoms with Crippen LogP contribution in [0.5, 0.6) is 0 Å².